The predicted octanol–water partition coefficient (Wildman–Crippen LogP) is 2.60. The van der Waals surface area contributed by atoms with E-state index in [2.05, 4.69) is 5.32 Å². The fraction of sp³-hybridized carbons (Fsp3) is 0.389. The Morgan fingerprint density at radius 2 is 1.88 bits per heavy atom. The molecule has 0 aromatic carbocycles. The van der Waals surface area contributed by atoms with E-state index in [1.54, 1.807) is 34.9 Å². The van der Waals surface area contributed by atoms with Gasteiger partial charge in [0, 0.05) is 33.1 Å². The number of nitrogens with one attached hydrogen (secondary N) is 1. The Kier molecular flexibility index (Phi) is 5.41. The van der Waals surface area contributed by atoms with E-state index in [-0.39, 0.29) is 23.5 Å². The van der Waals surface area contributed by atoms with Gasteiger partial charge in [-0.3, -0.25) is 14.4 Å². The highest BCUT2D eigenvalue weighted by atomic mass is 32.1. The standard InChI is InChI=1S/C18H21N3O4S/c1-12-11-15(19-17(23)14-5-3-10-25-14)26-16(12)18(24)21-7-4-6-20(8-9-21)13(2)22/h3,5,10-11H,4,6-9H2,1-2H3,(H,19,23). The van der Waals surface area contributed by atoms with Crippen LogP contribution in [0, 0.1) is 6.92 Å². The summed E-state index contributed by atoms with van der Waals surface area (Å²) in [6, 6.07) is 5.02. The molecule has 2 aromatic heterocycles. The van der Waals surface area contributed by atoms with Crippen LogP contribution in [-0.2, 0) is 4.79 Å². The summed E-state index contributed by atoms with van der Waals surface area (Å²) in [4.78, 5) is 40.6. The Hall–Kier alpha value is -2.61. The number of rotatable bonds is 3. The largest absolute Gasteiger partial charge is 0.459 e. The van der Waals surface area contributed by atoms with E-state index >= 15 is 0 Å². The molecule has 1 aliphatic rings. The molecule has 1 fully saturated rings. The molecule has 0 unspecified atom stereocenters. The highest BCUT2D eigenvalue weighted by Crippen LogP contribution is 2.28. The van der Waals surface area contributed by atoms with E-state index in [0.29, 0.717) is 36.1 Å². The second kappa shape index (κ2) is 7.74. The highest BCUT2D eigenvalue weighted by Gasteiger charge is 2.24. The first kappa shape index (κ1) is 18.2. The monoisotopic (exact) mass is 375 g/mol. The smallest absolute Gasteiger partial charge is 0.291 e. The number of anilines is 1. The van der Waals surface area contributed by atoms with Gasteiger partial charge in [0.05, 0.1) is 16.1 Å². The van der Waals surface area contributed by atoms with Gasteiger partial charge in [-0.15, -0.1) is 11.3 Å². The molecule has 0 aliphatic carbocycles. The fourth-order valence-corrected chi connectivity index (χ4v) is 3.95. The Morgan fingerprint density at radius 1 is 1.15 bits per heavy atom. The number of amides is 3. The Labute approximate surface area is 155 Å². The summed E-state index contributed by atoms with van der Waals surface area (Å²) in [7, 11) is 0. The van der Waals surface area contributed by atoms with Gasteiger partial charge in [0.1, 0.15) is 0 Å². The molecule has 0 spiro atoms. The predicted molar refractivity (Wildman–Crippen MR) is 98.5 cm³/mol. The van der Waals surface area contributed by atoms with Gasteiger partial charge < -0.3 is 19.5 Å². The van der Waals surface area contributed by atoms with Crippen LogP contribution in [0.25, 0.3) is 0 Å². The van der Waals surface area contributed by atoms with Crippen LogP contribution in [0.4, 0.5) is 5.00 Å². The van der Waals surface area contributed by atoms with Crippen LogP contribution in [0.3, 0.4) is 0 Å². The zero-order chi connectivity index (χ0) is 18.7. The van der Waals surface area contributed by atoms with Crippen molar-refractivity contribution < 1.29 is 18.8 Å². The average molecular weight is 375 g/mol. The van der Waals surface area contributed by atoms with E-state index in [0.717, 1.165) is 12.0 Å². The van der Waals surface area contributed by atoms with Crippen LogP contribution in [0.2, 0.25) is 0 Å². The van der Waals surface area contributed by atoms with Gasteiger partial charge in [-0.2, -0.15) is 0 Å². The first-order chi connectivity index (χ1) is 12.5. The molecule has 1 N–H and O–H groups in total. The molecule has 0 bridgehead atoms. The number of carbonyl (C=O) groups is 3. The average Bonchev–Trinajstić information content (AvgIpc) is 3.18. The molecule has 26 heavy (non-hydrogen) atoms. The molecular formula is C18H21N3O4S. The van der Waals surface area contributed by atoms with E-state index in [1.807, 2.05) is 6.92 Å². The lowest BCUT2D eigenvalue weighted by Gasteiger charge is -2.21. The number of carbonyl (C=O) groups excluding carboxylic acids is 3. The summed E-state index contributed by atoms with van der Waals surface area (Å²) >= 11 is 1.26. The summed E-state index contributed by atoms with van der Waals surface area (Å²) in [6.45, 7) is 5.76. The Balaban J connectivity index is 1.69. The van der Waals surface area contributed by atoms with Crippen LogP contribution >= 0.6 is 11.3 Å². The molecule has 3 heterocycles. The van der Waals surface area contributed by atoms with E-state index in [9.17, 15) is 14.4 Å². The van der Waals surface area contributed by atoms with Crippen LogP contribution < -0.4 is 5.32 Å². The normalized spacial score (nSPS) is 14.8. The summed E-state index contributed by atoms with van der Waals surface area (Å²) in [6.07, 6.45) is 2.20. The van der Waals surface area contributed by atoms with E-state index in [4.69, 9.17) is 4.42 Å². The third kappa shape index (κ3) is 3.96. The van der Waals surface area contributed by atoms with Gasteiger partial charge in [-0.05, 0) is 37.1 Å². The lowest BCUT2D eigenvalue weighted by molar-refractivity contribution is -0.128. The fourth-order valence-electron chi connectivity index (χ4n) is 2.92. The second-order valence-corrected chi connectivity index (χ2v) is 7.26. The van der Waals surface area contributed by atoms with Crippen molar-refractivity contribution in [3.05, 3.63) is 40.7 Å². The maximum Gasteiger partial charge on any atom is 0.291 e. The summed E-state index contributed by atoms with van der Waals surface area (Å²) < 4.78 is 5.08. The van der Waals surface area contributed by atoms with Crippen molar-refractivity contribution in [3.63, 3.8) is 0 Å². The van der Waals surface area contributed by atoms with Crippen molar-refractivity contribution in [3.8, 4) is 0 Å². The summed E-state index contributed by atoms with van der Waals surface area (Å²) in [5.41, 5.74) is 0.822. The van der Waals surface area contributed by atoms with Crippen molar-refractivity contribution >= 4 is 34.1 Å². The van der Waals surface area contributed by atoms with Gasteiger partial charge in [0.2, 0.25) is 5.91 Å². The molecule has 1 saturated heterocycles. The summed E-state index contributed by atoms with van der Waals surface area (Å²) in [5, 5.41) is 3.36. The zero-order valence-electron chi connectivity index (χ0n) is 14.8. The minimum atomic E-state index is -0.345. The van der Waals surface area contributed by atoms with Crippen molar-refractivity contribution in [2.45, 2.75) is 20.3 Å². The SMILES string of the molecule is CC(=O)N1CCCN(C(=O)c2sc(NC(=O)c3ccco3)cc2C)CC1. The van der Waals surface area contributed by atoms with Gasteiger partial charge in [-0.25, -0.2) is 0 Å². The van der Waals surface area contributed by atoms with Gasteiger partial charge in [0.25, 0.3) is 11.8 Å². The Morgan fingerprint density at radius 3 is 2.58 bits per heavy atom. The molecule has 138 valence electrons. The quantitative estimate of drug-likeness (QED) is 0.894. The molecule has 2 aromatic rings. The first-order valence-corrected chi connectivity index (χ1v) is 9.27. The third-order valence-electron chi connectivity index (χ3n) is 4.32. The minimum absolute atomic E-state index is 0.0366. The van der Waals surface area contributed by atoms with Crippen molar-refractivity contribution in [2.24, 2.45) is 0 Å². The van der Waals surface area contributed by atoms with Crippen LogP contribution in [0.15, 0.2) is 28.9 Å². The lowest BCUT2D eigenvalue weighted by atomic mass is 10.2. The molecule has 7 nitrogen and oxygen atoms in total. The zero-order valence-corrected chi connectivity index (χ0v) is 15.6. The third-order valence-corrected chi connectivity index (χ3v) is 5.46. The van der Waals surface area contributed by atoms with E-state index in [1.165, 1.54) is 17.6 Å². The number of aryl methyl sites for hydroxylation is 1. The number of thiophene rings is 1. The van der Waals surface area contributed by atoms with Crippen molar-refractivity contribution in [2.75, 3.05) is 31.5 Å². The molecule has 0 atom stereocenters. The molecule has 1 aliphatic heterocycles. The van der Waals surface area contributed by atoms with Gasteiger partial charge in [-0.1, -0.05) is 0 Å². The van der Waals surface area contributed by atoms with Crippen LogP contribution in [0.1, 0.15) is 39.1 Å². The molecule has 8 heteroatoms. The molecular weight excluding hydrogens is 354 g/mol. The number of furan rings is 1. The highest BCUT2D eigenvalue weighted by molar-refractivity contribution is 7.18. The molecule has 0 saturated carbocycles. The van der Waals surface area contributed by atoms with Crippen LogP contribution in [-0.4, -0.2) is 53.7 Å². The maximum atomic E-state index is 12.9. The lowest BCUT2D eigenvalue weighted by Crippen LogP contribution is -2.36. The topological polar surface area (TPSA) is 82.9 Å². The van der Waals surface area contributed by atoms with Gasteiger partial charge >= 0.3 is 0 Å². The summed E-state index contributed by atoms with van der Waals surface area (Å²) in [5.74, 6) is -0.145. The van der Waals surface area contributed by atoms with Crippen LogP contribution in [0.5, 0.6) is 0 Å². The maximum absolute atomic E-state index is 12.9. The van der Waals surface area contributed by atoms with Gasteiger partial charge in [0.15, 0.2) is 5.76 Å². The number of nitrogens with zero attached hydrogens (tertiary/aromatic N) is 2. The minimum Gasteiger partial charge on any atom is -0.459 e. The Bertz CT molecular complexity index is 813. The number of hydrogen-bond donors (Lipinski definition) is 1. The number of hydrogen-bond acceptors (Lipinski definition) is 5. The van der Waals surface area contributed by atoms with E-state index < -0.39 is 0 Å². The second-order valence-electron chi connectivity index (χ2n) is 6.21. The molecule has 3 rings (SSSR count). The molecule has 3 amide bonds. The van der Waals surface area contributed by atoms with Crippen molar-refractivity contribution in [1.82, 2.24) is 9.80 Å². The first-order valence-electron chi connectivity index (χ1n) is 8.46. The molecule has 0 radical (unpaired) electrons. The van der Waals surface area contributed by atoms with Crippen molar-refractivity contribution in [1.29, 1.82) is 0 Å².